The first-order chi connectivity index (χ1) is 12.4. The number of hydrogen-bond acceptors (Lipinski definition) is 5. The molecule has 2 aromatic carbocycles. The zero-order valence-corrected chi connectivity index (χ0v) is 15.2. The Morgan fingerprint density at radius 3 is 2.62 bits per heavy atom. The number of allylic oxidation sites excluding steroid dienone is 2. The van der Waals surface area contributed by atoms with E-state index in [1.54, 1.807) is 25.3 Å². The topological polar surface area (TPSA) is 79.2 Å². The highest BCUT2D eigenvalue weighted by molar-refractivity contribution is 5.58. The second-order valence-electron chi connectivity index (χ2n) is 6.82. The van der Waals surface area contributed by atoms with Crippen molar-refractivity contribution in [1.82, 2.24) is 0 Å². The smallest absolute Gasteiger partial charge is 0.129 e. The van der Waals surface area contributed by atoms with E-state index in [0.717, 1.165) is 11.1 Å². The third-order valence-corrected chi connectivity index (χ3v) is 4.73. The Labute approximate surface area is 153 Å². The van der Waals surface area contributed by atoms with E-state index in [2.05, 4.69) is 0 Å². The predicted molar refractivity (Wildman–Crippen MR) is 99.5 cm³/mol. The van der Waals surface area contributed by atoms with Crippen LogP contribution in [0.15, 0.2) is 35.9 Å². The van der Waals surface area contributed by atoms with Gasteiger partial charge in [0.2, 0.25) is 0 Å². The summed E-state index contributed by atoms with van der Waals surface area (Å²) in [6, 6.07) is 6.74. The molecule has 2 aromatic rings. The number of methoxy groups -OCH3 is 1. The van der Waals surface area contributed by atoms with Crippen molar-refractivity contribution in [2.75, 3.05) is 13.7 Å². The van der Waals surface area contributed by atoms with Crippen LogP contribution in [0.25, 0.3) is 0 Å². The Bertz CT molecular complexity index is 850. The summed E-state index contributed by atoms with van der Waals surface area (Å²) in [7, 11) is 1.55. The van der Waals surface area contributed by atoms with Crippen molar-refractivity contribution < 1.29 is 24.8 Å². The first-order valence-corrected chi connectivity index (χ1v) is 8.60. The van der Waals surface area contributed by atoms with Crippen molar-refractivity contribution in [3.05, 3.63) is 52.6 Å². The van der Waals surface area contributed by atoms with Crippen LogP contribution in [0.5, 0.6) is 28.7 Å². The van der Waals surface area contributed by atoms with Gasteiger partial charge in [0.25, 0.3) is 0 Å². The van der Waals surface area contributed by atoms with Crippen molar-refractivity contribution >= 4 is 0 Å². The molecule has 3 rings (SSSR count). The SMILES string of the molecule is COc1ccc([C@H]2COc3cc(O)c(CC=C(C)C)c(O)c3C2)c(O)c1. The third-order valence-electron chi connectivity index (χ3n) is 4.73. The summed E-state index contributed by atoms with van der Waals surface area (Å²) < 4.78 is 10.9. The molecule has 0 spiro atoms. The maximum absolute atomic E-state index is 10.7. The van der Waals surface area contributed by atoms with Crippen LogP contribution in [-0.2, 0) is 12.8 Å². The van der Waals surface area contributed by atoms with Crippen LogP contribution < -0.4 is 9.47 Å². The van der Waals surface area contributed by atoms with E-state index in [-0.39, 0.29) is 23.2 Å². The number of fused-ring (bicyclic) bond motifs is 1. The van der Waals surface area contributed by atoms with E-state index in [0.29, 0.717) is 42.1 Å². The van der Waals surface area contributed by atoms with E-state index in [9.17, 15) is 15.3 Å². The maximum Gasteiger partial charge on any atom is 0.129 e. The van der Waals surface area contributed by atoms with Gasteiger partial charge in [-0.1, -0.05) is 17.7 Å². The van der Waals surface area contributed by atoms with Gasteiger partial charge in [-0.3, -0.25) is 0 Å². The van der Waals surface area contributed by atoms with Gasteiger partial charge in [0.05, 0.1) is 13.7 Å². The van der Waals surface area contributed by atoms with Gasteiger partial charge in [0.1, 0.15) is 28.7 Å². The van der Waals surface area contributed by atoms with Gasteiger partial charge in [-0.15, -0.1) is 0 Å². The lowest BCUT2D eigenvalue weighted by atomic mass is 9.87. The lowest BCUT2D eigenvalue weighted by Crippen LogP contribution is -2.19. The van der Waals surface area contributed by atoms with Crippen LogP contribution >= 0.6 is 0 Å². The van der Waals surface area contributed by atoms with Gasteiger partial charge in [-0.25, -0.2) is 0 Å². The molecule has 0 fully saturated rings. The van der Waals surface area contributed by atoms with Gasteiger partial charge in [0.15, 0.2) is 0 Å². The molecule has 0 saturated heterocycles. The van der Waals surface area contributed by atoms with Crippen LogP contribution in [0.2, 0.25) is 0 Å². The molecule has 1 aliphatic heterocycles. The van der Waals surface area contributed by atoms with Crippen LogP contribution in [0.1, 0.15) is 36.5 Å². The Kier molecular flexibility index (Phi) is 4.98. The summed E-state index contributed by atoms with van der Waals surface area (Å²) in [6.45, 7) is 4.30. The van der Waals surface area contributed by atoms with Crippen molar-refractivity contribution in [3.63, 3.8) is 0 Å². The maximum atomic E-state index is 10.7. The minimum absolute atomic E-state index is 0.0319. The van der Waals surface area contributed by atoms with Crippen molar-refractivity contribution in [2.45, 2.75) is 32.6 Å². The quantitative estimate of drug-likeness (QED) is 0.721. The second kappa shape index (κ2) is 7.20. The van der Waals surface area contributed by atoms with Crippen LogP contribution in [0.4, 0.5) is 0 Å². The summed E-state index contributed by atoms with van der Waals surface area (Å²) in [6.07, 6.45) is 2.92. The van der Waals surface area contributed by atoms with Crippen LogP contribution in [0.3, 0.4) is 0 Å². The molecule has 3 N–H and O–H groups in total. The number of aromatic hydroxyl groups is 3. The molecule has 0 aliphatic carbocycles. The molecule has 1 aliphatic rings. The first kappa shape index (κ1) is 18.0. The van der Waals surface area contributed by atoms with Crippen LogP contribution in [-0.4, -0.2) is 29.0 Å². The van der Waals surface area contributed by atoms with Crippen molar-refractivity contribution in [1.29, 1.82) is 0 Å². The molecule has 0 unspecified atom stereocenters. The fourth-order valence-electron chi connectivity index (χ4n) is 3.24. The zero-order chi connectivity index (χ0) is 18.8. The molecule has 0 aromatic heterocycles. The molecular weight excluding hydrogens is 332 g/mol. The van der Waals surface area contributed by atoms with E-state index >= 15 is 0 Å². The van der Waals surface area contributed by atoms with Crippen molar-refractivity contribution in [3.8, 4) is 28.7 Å². The molecule has 0 radical (unpaired) electrons. The Morgan fingerprint density at radius 2 is 1.96 bits per heavy atom. The number of phenolic OH excluding ortho intramolecular Hbond substituents is 3. The Morgan fingerprint density at radius 1 is 1.19 bits per heavy atom. The minimum atomic E-state index is -0.0971. The van der Waals surface area contributed by atoms with Gasteiger partial charge < -0.3 is 24.8 Å². The number of phenols is 3. The summed E-state index contributed by atoms with van der Waals surface area (Å²) in [5.41, 5.74) is 3.01. The molecule has 26 heavy (non-hydrogen) atoms. The van der Waals surface area contributed by atoms with Gasteiger partial charge in [0, 0.05) is 34.7 Å². The third kappa shape index (κ3) is 3.43. The second-order valence-corrected chi connectivity index (χ2v) is 6.82. The van der Waals surface area contributed by atoms with Gasteiger partial charge in [-0.2, -0.15) is 0 Å². The summed E-state index contributed by atoms with van der Waals surface area (Å²) >= 11 is 0. The molecule has 0 saturated carbocycles. The molecular formula is C21H24O5. The molecule has 5 heteroatoms. The number of benzene rings is 2. The Balaban J connectivity index is 1.94. The fourth-order valence-corrected chi connectivity index (χ4v) is 3.24. The van der Waals surface area contributed by atoms with Gasteiger partial charge in [-0.05, 0) is 32.8 Å². The highest BCUT2D eigenvalue weighted by Crippen LogP contribution is 2.45. The lowest BCUT2D eigenvalue weighted by molar-refractivity contribution is 0.253. The average molecular weight is 356 g/mol. The summed E-state index contributed by atoms with van der Waals surface area (Å²) in [5, 5.41) is 31.2. The number of hydrogen-bond donors (Lipinski definition) is 3. The van der Waals surface area contributed by atoms with Gasteiger partial charge >= 0.3 is 0 Å². The molecule has 1 atom stereocenters. The largest absolute Gasteiger partial charge is 0.508 e. The highest BCUT2D eigenvalue weighted by Gasteiger charge is 2.28. The molecule has 0 amide bonds. The summed E-state index contributed by atoms with van der Waals surface area (Å²) in [4.78, 5) is 0. The molecule has 1 heterocycles. The lowest BCUT2D eigenvalue weighted by Gasteiger charge is -2.28. The standard InChI is InChI=1S/C21H24O5/c1-12(2)4-6-16-19(23)10-20-17(21(16)24)8-13(11-26-20)15-7-5-14(25-3)9-18(15)22/h4-5,7,9-10,13,22-24H,6,8,11H2,1-3H3/t13-/m1/s1. The number of rotatable bonds is 4. The molecule has 138 valence electrons. The average Bonchev–Trinajstić information content (AvgIpc) is 2.61. The predicted octanol–water partition coefficient (Wildman–Crippen LogP) is 4.04. The highest BCUT2D eigenvalue weighted by atomic mass is 16.5. The summed E-state index contributed by atoms with van der Waals surface area (Å²) in [5.74, 6) is 1.22. The molecule has 5 nitrogen and oxygen atoms in total. The van der Waals surface area contributed by atoms with E-state index in [1.807, 2.05) is 26.0 Å². The monoisotopic (exact) mass is 356 g/mol. The Hall–Kier alpha value is -2.82. The van der Waals surface area contributed by atoms with E-state index < -0.39 is 0 Å². The normalized spacial score (nSPS) is 15.7. The molecule has 0 bridgehead atoms. The van der Waals surface area contributed by atoms with E-state index in [1.165, 1.54) is 0 Å². The van der Waals surface area contributed by atoms with Crippen molar-refractivity contribution in [2.24, 2.45) is 0 Å². The first-order valence-electron chi connectivity index (χ1n) is 8.60. The minimum Gasteiger partial charge on any atom is -0.508 e. The zero-order valence-electron chi connectivity index (χ0n) is 15.2. The van der Waals surface area contributed by atoms with Crippen LogP contribution in [0, 0.1) is 0 Å². The van der Waals surface area contributed by atoms with E-state index in [4.69, 9.17) is 9.47 Å². The number of ether oxygens (including phenoxy) is 2. The fraction of sp³-hybridized carbons (Fsp3) is 0.333.